The first-order valence-electron chi connectivity index (χ1n) is 12.2. The summed E-state index contributed by atoms with van der Waals surface area (Å²) in [5, 5.41) is 4.44. The van der Waals surface area contributed by atoms with Crippen molar-refractivity contribution < 1.29 is 12.9 Å². The van der Waals surface area contributed by atoms with Crippen LogP contribution in [0.3, 0.4) is 0 Å². The van der Waals surface area contributed by atoms with E-state index in [4.69, 9.17) is 4.52 Å². The van der Waals surface area contributed by atoms with Gasteiger partial charge in [-0.15, -0.1) is 0 Å². The number of aryl methyl sites for hydroxylation is 1. The zero-order valence-electron chi connectivity index (χ0n) is 20.3. The largest absolute Gasteiger partial charge is 0.350 e. The SMILES string of the molecule is CCc1cnc(N2CCC(c3noc4c(N5CCc6cc(S(C)(=O)=O)ccc65)ncnc34)CC2)nc1. The molecule has 0 N–H and O–H groups in total. The molecule has 0 radical (unpaired) electrons. The highest BCUT2D eigenvalue weighted by atomic mass is 32.2. The second-order valence-electron chi connectivity index (χ2n) is 9.41. The number of hydrogen-bond donors (Lipinski definition) is 0. The van der Waals surface area contributed by atoms with Gasteiger partial charge in [0.05, 0.1) is 4.90 Å². The van der Waals surface area contributed by atoms with E-state index in [0.29, 0.717) is 22.8 Å². The zero-order valence-corrected chi connectivity index (χ0v) is 21.1. The van der Waals surface area contributed by atoms with Crippen molar-refractivity contribution in [3.05, 3.63) is 53.7 Å². The summed E-state index contributed by atoms with van der Waals surface area (Å²) in [4.78, 5) is 22.7. The molecular formula is C25H27N7O3S. The lowest BCUT2D eigenvalue weighted by Gasteiger charge is -2.31. The molecule has 0 amide bonds. The van der Waals surface area contributed by atoms with Gasteiger partial charge in [-0.1, -0.05) is 12.1 Å². The molecule has 1 saturated heterocycles. The molecule has 0 spiro atoms. The molecule has 4 aromatic rings. The summed E-state index contributed by atoms with van der Waals surface area (Å²) in [5.74, 6) is 1.65. The van der Waals surface area contributed by atoms with E-state index in [1.165, 1.54) is 6.26 Å². The highest BCUT2D eigenvalue weighted by molar-refractivity contribution is 7.90. The van der Waals surface area contributed by atoms with Crippen LogP contribution in [-0.4, -0.2) is 59.4 Å². The normalized spacial score (nSPS) is 16.6. The summed E-state index contributed by atoms with van der Waals surface area (Å²) >= 11 is 0. The van der Waals surface area contributed by atoms with Crippen LogP contribution in [0.4, 0.5) is 17.5 Å². The first-order chi connectivity index (χ1) is 17.4. The quantitative estimate of drug-likeness (QED) is 0.399. The van der Waals surface area contributed by atoms with Gasteiger partial charge in [-0.3, -0.25) is 0 Å². The Balaban J connectivity index is 1.24. The number of piperidine rings is 1. The Morgan fingerprint density at radius 3 is 2.56 bits per heavy atom. The van der Waals surface area contributed by atoms with Crippen molar-refractivity contribution in [3.63, 3.8) is 0 Å². The smallest absolute Gasteiger partial charge is 0.228 e. The van der Waals surface area contributed by atoms with Crippen LogP contribution in [-0.2, 0) is 22.7 Å². The molecule has 1 aromatic carbocycles. The highest BCUT2D eigenvalue weighted by Gasteiger charge is 2.30. The van der Waals surface area contributed by atoms with E-state index in [0.717, 1.165) is 72.7 Å². The molecular weight excluding hydrogens is 478 g/mol. The molecule has 2 aliphatic heterocycles. The Morgan fingerprint density at radius 2 is 1.83 bits per heavy atom. The van der Waals surface area contributed by atoms with Crippen LogP contribution < -0.4 is 9.80 Å². The topological polar surface area (TPSA) is 118 Å². The van der Waals surface area contributed by atoms with Gasteiger partial charge in [-0.25, -0.2) is 28.4 Å². The van der Waals surface area contributed by atoms with E-state index in [2.05, 4.69) is 41.8 Å². The molecule has 11 heteroatoms. The summed E-state index contributed by atoms with van der Waals surface area (Å²) in [7, 11) is -3.26. The van der Waals surface area contributed by atoms with Gasteiger partial charge >= 0.3 is 0 Å². The molecule has 0 saturated carbocycles. The fraction of sp³-hybridized carbons (Fsp3) is 0.400. The first kappa shape index (κ1) is 22.8. The molecule has 2 aliphatic rings. The summed E-state index contributed by atoms with van der Waals surface area (Å²) < 4.78 is 29.8. The van der Waals surface area contributed by atoms with Crippen molar-refractivity contribution in [1.29, 1.82) is 0 Å². The first-order valence-corrected chi connectivity index (χ1v) is 14.1. The van der Waals surface area contributed by atoms with Crippen LogP contribution in [0.2, 0.25) is 0 Å². The molecule has 10 nitrogen and oxygen atoms in total. The van der Waals surface area contributed by atoms with Crippen molar-refractivity contribution in [2.75, 3.05) is 35.7 Å². The van der Waals surface area contributed by atoms with E-state index in [1.807, 2.05) is 18.5 Å². The maximum absolute atomic E-state index is 12.0. The molecule has 0 unspecified atom stereocenters. The molecule has 0 aliphatic carbocycles. The van der Waals surface area contributed by atoms with E-state index in [1.54, 1.807) is 18.5 Å². The summed E-state index contributed by atoms with van der Waals surface area (Å²) in [5.41, 5.74) is 5.21. The van der Waals surface area contributed by atoms with E-state index < -0.39 is 9.84 Å². The Labute approximate surface area is 209 Å². The van der Waals surface area contributed by atoms with Gasteiger partial charge in [0.15, 0.2) is 15.7 Å². The van der Waals surface area contributed by atoms with Crippen molar-refractivity contribution >= 4 is 38.4 Å². The number of nitrogens with zero attached hydrogens (tertiary/aromatic N) is 7. The summed E-state index contributed by atoms with van der Waals surface area (Å²) in [6.07, 6.45) is 10.0. The Morgan fingerprint density at radius 1 is 1.06 bits per heavy atom. The molecule has 3 aromatic heterocycles. The number of anilines is 3. The van der Waals surface area contributed by atoms with Gasteiger partial charge in [-0.2, -0.15) is 0 Å². The lowest BCUT2D eigenvalue weighted by Crippen LogP contribution is -2.34. The van der Waals surface area contributed by atoms with Crippen molar-refractivity contribution in [3.8, 4) is 0 Å². The second-order valence-corrected chi connectivity index (χ2v) is 11.4. The maximum atomic E-state index is 12.0. The van der Waals surface area contributed by atoms with Crippen LogP contribution >= 0.6 is 0 Å². The Kier molecular flexibility index (Phi) is 5.59. The Bertz CT molecular complexity index is 1530. The van der Waals surface area contributed by atoms with Gasteiger partial charge in [0, 0.05) is 49.9 Å². The molecule has 1 fully saturated rings. The molecule has 6 rings (SSSR count). The number of rotatable bonds is 5. The van der Waals surface area contributed by atoms with Crippen LogP contribution in [0, 0.1) is 0 Å². The van der Waals surface area contributed by atoms with E-state index in [-0.39, 0.29) is 5.92 Å². The maximum Gasteiger partial charge on any atom is 0.228 e. The van der Waals surface area contributed by atoms with Gasteiger partial charge in [0.25, 0.3) is 0 Å². The lowest BCUT2D eigenvalue weighted by atomic mass is 9.93. The minimum Gasteiger partial charge on any atom is -0.350 e. The van der Waals surface area contributed by atoms with Crippen molar-refractivity contribution in [2.24, 2.45) is 0 Å². The van der Waals surface area contributed by atoms with Crippen LogP contribution in [0.1, 0.15) is 42.5 Å². The monoisotopic (exact) mass is 505 g/mol. The molecule has 186 valence electrons. The predicted octanol–water partition coefficient (Wildman–Crippen LogP) is 3.45. The third-order valence-corrected chi connectivity index (χ3v) is 8.27. The number of sulfone groups is 1. The molecule has 5 heterocycles. The van der Waals surface area contributed by atoms with Crippen molar-refractivity contribution in [2.45, 2.75) is 43.4 Å². The van der Waals surface area contributed by atoms with Gasteiger partial charge in [-0.05, 0) is 55.0 Å². The molecule has 0 atom stereocenters. The zero-order chi connectivity index (χ0) is 24.9. The highest BCUT2D eigenvalue weighted by Crippen LogP contribution is 2.40. The van der Waals surface area contributed by atoms with Gasteiger partial charge in [0.2, 0.25) is 11.5 Å². The molecule has 36 heavy (non-hydrogen) atoms. The predicted molar refractivity (Wildman–Crippen MR) is 135 cm³/mol. The van der Waals surface area contributed by atoms with E-state index in [9.17, 15) is 8.42 Å². The van der Waals surface area contributed by atoms with E-state index >= 15 is 0 Å². The average Bonchev–Trinajstić information content (AvgIpc) is 3.52. The summed E-state index contributed by atoms with van der Waals surface area (Å²) in [6.45, 7) is 4.45. The van der Waals surface area contributed by atoms with Crippen LogP contribution in [0.25, 0.3) is 11.1 Å². The van der Waals surface area contributed by atoms with Crippen LogP contribution in [0.15, 0.2) is 46.3 Å². The number of aromatic nitrogens is 5. The third-order valence-electron chi connectivity index (χ3n) is 7.16. The van der Waals surface area contributed by atoms with Gasteiger partial charge < -0.3 is 14.3 Å². The second kappa shape index (κ2) is 8.81. The number of hydrogen-bond acceptors (Lipinski definition) is 10. The summed E-state index contributed by atoms with van der Waals surface area (Å²) in [6, 6.07) is 5.24. The third kappa shape index (κ3) is 3.97. The minimum absolute atomic E-state index is 0.225. The molecule has 0 bridgehead atoms. The standard InChI is InChI=1S/C25H27N7O3S/c1-3-16-13-26-25(27-14-16)31-9-6-17(7-10-31)21-22-23(35-30-21)24(29-15-28-22)32-11-8-18-12-19(36(2,33)34)4-5-20(18)32/h4-5,12-15,17H,3,6-11H2,1-2H3. The van der Waals surface area contributed by atoms with Gasteiger partial charge in [0.1, 0.15) is 17.5 Å². The minimum atomic E-state index is -3.26. The number of fused-ring (bicyclic) bond motifs is 2. The fourth-order valence-electron chi connectivity index (χ4n) is 5.10. The number of benzene rings is 1. The van der Waals surface area contributed by atoms with Crippen LogP contribution in [0.5, 0.6) is 0 Å². The average molecular weight is 506 g/mol. The van der Waals surface area contributed by atoms with Crippen molar-refractivity contribution in [1.82, 2.24) is 25.1 Å². The lowest BCUT2D eigenvalue weighted by molar-refractivity contribution is 0.416. The Hall–Kier alpha value is -3.60. The fourth-order valence-corrected chi connectivity index (χ4v) is 5.78.